The van der Waals surface area contributed by atoms with Crippen LogP contribution in [0.5, 0.6) is 0 Å². The molecule has 0 saturated carbocycles. The number of rotatable bonds is 3. The van der Waals surface area contributed by atoms with Gasteiger partial charge in [0.25, 0.3) is 0 Å². The number of halogens is 3. The van der Waals surface area contributed by atoms with Gasteiger partial charge in [0, 0.05) is 3.57 Å². The first-order valence-corrected chi connectivity index (χ1v) is 7.72. The number of hydrogen-bond donors (Lipinski definition) is 0. The minimum Gasteiger partial charge on any atom is -0.193 e. The molecule has 1 aromatic rings. The second kappa shape index (κ2) is 4.53. The molecule has 16 heavy (non-hydrogen) atoms. The standard InChI is InChI=1S/C7H5F2IO4S2/c8-15(11,12)7(16(9,13)14)5-1-3-6(10)4-2-5/h1-4,7H. The summed E-state index contributed by atoms with van der Waals surface area (Å²) in [6.45, 7) is 0. The van der Waals surface area contributed by atoms with Crippen molar-refractivity contribution in [2.24, 2.45) is 0 Å². The molecular weight excluding hydrogens is 377 g/mol. The summed E-state index contributed by atoms with van der Waals surface area (Å²) in [5, 5.41) is 0. The molecule has 0 spiro atoms. The van der Waals surface area contributed by atoms with Gasteiger partial charge in [-0.05, 0) is 40.3 Å². The average molecular weight is 382 g/mol. The van der Waals surface area contributed by atoms with Crippen LogP contribution in [0.25, 0.3) is 0 Å². The molecule has 9 heteroatoms. The Morgan fingerprint density at radius 3 is 1.62 bits per heavy atom. The molecule has 0 saturated heterocycles. The van der Waals surface area contributed by atoms with Crippen LogP contribution in [-0.4, -0.2) is 16.8 Å². The summed E-state index contributed by atoms with van der Waals surface area (Å²) in [7, 11) is -11.1. The van der Waals surface area contributed by atoms with Gasteiger partial charge < -0.3 is 0 Å². The van der Waals surface area contributed by atoms with Crippen molar-refractivity contribution in [3.63, 3.8) is 0 Å². The summed E-state index contributed by atoms with van der Waals surface area (Å²) in [6, 6.07) is 4.78. The summed E-state index contributed by atoms with van der Waals surface area (Å²) in [6.07, 6.45) is 0. The van der Waals surface area contributed by atoms with E-state index in [1.807, 2.05) is 22.6 Å². The van der Waals surface area contributed by atoms with E-state index in [-0.39, 0.29) is 0 Å². The molecular formula is C7H5F2IO4S2. The topological polar surface area (TPSA) is 68.3 Å². The van der Waals surface area contributed by atoms with Crippen molar-refractivity contribution in [1.82, 2.24) is 0 Å². The third-order valence-electron chi connectivity index (χ3n) is 1.65. The molecule has 0 aliphatic rings. The molecule has 0 aromatic heterocycles. The third kappa shape index (κ3) is 3.35. The summed E-state index contributed by atoms with van der Waals surface area (Å²) >= 11 is 1.88. The van der Waals surface area contributed by atoms with Crippen LogP contribution in [0.1, 0.15) is 10.1 Å². The Hall–Kier alpha value is -0.290. The summed E-state index contributed by atoms with van der Waals surface area (Å²) in [4.78, 5) is 0. The zero-order valence-electron chi connectivity index (χ0n) is 7.47. The third-order valence-corrected chi connectivity index (χ3v) is 5.32. The van der Waals surface area contributed by atoms with Gasteiger partial charge in [-0.15, -0.1) is 7.77 Å². The van der Waals surface area contributed by atoms with Crippen molar-refractivity contribution in [3.8, 4) is 0 Å². The van der Waals surface area contributed by atoms with Crippen LogP contribution in [0.4, 0.5) is 7.77 Å². The van der Waals surface area contributed by atoms with Gasteiger partial charge >= 0.3 is 20.4 Å². The van der Waals surface area contributed by atoms with Crippen molar-refractivity contribution in [2.75, 3.05) is 0 Å². The molecule has 0 radical (unpaired) electrons. The van der Waals surface area contributed by atoms with E-state index < -0.39 is 30.6 Å². The first-order valence-electron chi connectivity index (χ1n) is 3.75. The molecule has 0 atom stereocenters. The molecule has 0 aliphatic heterocycles. The Morgan fingerprint density at radius 1 is 0.938 bits per heavy atom. The lowest BCUT2D eigenvalue weighted by Gasteiger charge is -2.08. The van der Waals surface area contributed by atoms with Crippen molar-refractivity contribution in [3.05, 3.63) is 33.4 Å². The van der Waals surface area contributed by atoms with Crippen LogP contribution in [0.15, 0.2) is 24.3 Å². The van der Waals surface area contributed by atoms with E-state index in [2.05, 4.69) is 0 Å². The minimum atomic E-state index is -5.55. The van der Waals surface area contributed by atoms with Crippen LogP contribution in [0.2, 0.25) is 0 Å². The quantitative estimate of drug-likeness (QED) is 0.592. The molecule has 1 rings (SSSR count). The molecule has 0 heterocycles. The molecule has 90 valence electrons. The van der Waals surface area contributed by atoms with Gasteiger partial charge in [-0.2, -0.15) is 16.8 Å². The van der Waals surface area contributed by atoms with E-state index in [1.54, 1.807) is 0 Å². The van der Waals surface area contributed by atoms with Crippen LogP contribution in [0, 0.1) is 3.57 Å². The molecule has 0 fully saturated rings. The molecule has 0 bridgehead atoms. The average Bonchev–Trinajstić information content (AvgIpc) is 2.03. The largest absolute Gasteiger partial charge is 0.326 e. The minimum absolute atomic E-state index is 0.467. The first-order chi connectivity index (χ1) is 7.12. The van der Waals surface area contributed by atoms with Gasteiger partial charge in [0.05, 0.1) is 0 Å². The SMILES string of the molecule is O=S(=O)(F)C(c1ccc(I)cc1)S(=O)(=O)F. The predicted octanol–water partition coefficient (Wildman–Crippen LogP) is 1.89. The van der Waals surface area contributed by atoms with Crippen molar-refractivity contribution in [2.45, 2.75) is 4.58 Å². The second-order valence-electron chi connectivity index (χ2n) is 2.83. The Kier molecular flexibility index (Phi) is 3.90. The highest BCUT2D eigenvalue weighted by Gasteiger charge is 2.39. The maximum absolute atomic E-state index is 12.7. The molecule has 0 aliphatic carbocycles. The fourth-order valence-electron chi connectivity index (χ4n) is 1.08. The Morgan fingerprint density at radius 2 is 1.31 bits per heavy atom. The lowest BCUT2D eigenvalue weighted by Crippen LogP contribution is -2.15. The fourth-order valence-corrected chi connectivity index (χ4v) is 3.50. The summed E-state index contributed by atoms with van der Waals surface area (Å²) < 4.78 is 65.5. The smallest absolute Gasteiger partial charge is 0.193 e. The van der Waals surface area contributed by atoms with Crippen molar-refractivity contribution < 1.29 is 24.6 Å². The molecule has 4 nitrogen and oxygen atoms in total. The van der Waals surface area contributed by atoms with Crippen LogP contribution in [0.3, 0.4) is 0 Å². The zero-order valence-corrected chi connectivity index (χ0v) is 11.3. The maximum Gasteiger partial charge on any atom is 0.326 e. The van der Waals surface area contributed by atoms with Crippen LogP contribution >= 0.6 is 22.6 Å². The molecule has 0 amide bonds. The van der Waals surface area contributed by atoms with Gasteiger partial charge in [-0.1, -0.05) is 12.1 Å². The fraction of sp³-hybridized carbons (Fsp3) is 0.143. The highest BCUT2D eigenvalue weighted by Crippen LogP contribution is 2.31. The van der Waals surface area contributed by atoms with Gasteiger partial charge in [0.2, 0.25) is 4.58 Å². The highest BCUT2D eigenvalue weighted by molar-refractivity contribution is 14.1. The van der Waals surface area contributed by atoms with E-state index in [0.717, 1.165) is 12.1 Å². The van der Waals surface area contributed by atoms with E-state index in [9.17, 15) is 24.6 Å². The molecule has 0 N–H and O–H groups in total. The van der Waals surface area contributed by atoms with Crippen LogP contribution in [-0.2, 0) is 20.4 Å². The maximum atomic E-state index is 12.7. The lowest BCUT2D eigenvalue weighted by molar-refractivity contribution is 0.527. The number of hydrogen-bond acceptors (Lipinski definition) is 4. The predicted molar refractivity (Wildman–Crippen MR) is 62.0 cm³/mol. The Bertz CT molecular complexity index is 547. The van der Waals surface area contributed by atoms with E-state index in [1.165, 1.54) is 12.1 Å². The zero-order chi connectivity index (χ0) is 12.6. The Labute approximate surface area is 105 Å². The van der Waals surface area contributed by atoms with E-state index >= 15 is 0 Å². The first kappa shape index (κ1) is 13.8. The lowest BCUT2D eigenvalue weighted by atomic mass is 10.2. The summed E-state index contributed by atoms with van der Waals surface area (Å²) in [5.41, 5.74) is -0.467. The molecule has 0 unspecified atom stereocenters. The Balaban J connectivity index is 3.41. The molecule has 1 aromatic carbocycles. The monoisotopic (exact) mass is 382 g/mol. The van der Waals surface area contributed by atoms with Gasteiger partial charge in [-0.3, -0.25) is 0 Å². The van der Waals surface area contributed by atoms with Crippen LogP contribution < -0.4 is 0 Å². The van der Waals surface area contributed by atoms with E-state index in [4.69, 9.17) is 0 Å². The van der Waals surface area contributed by atoms with Crippen molar-refractivity contribution in [1.29, 1.82) is 0 Å². The summed E-state index contributed by atoms with van der Waals surface area (Å²) in [5.74, 6) is 0. The van der Waals surface area contributed by atoms with Gasteiger partial charge in [-0.25, -0.2) is 0 Å². The number of benzene rings is 1. The highest BCUT2D eigenvalue weighted by atomic mass is 127. The van der Waals surface area contributed by atoms with Gasteiger partial charge in [0.1, 0.15) is 0 Å². The normalized spacial score (nSPS) is 13.0. The van der Waals surface area contributed by atoms with Crippen molar-refractivity contribution >= 4 is 43.0 Å². The van der Waals surface area contributed by atoms with E-state index in [0.29, 0.717) is 3.57 Å². The second-order valence-corrected chi connectivity index (χ2v) is 7.22. The van der Waals surface area contributed by atoms with Gasteiger partial charge in [0.15, 0.2) is 0 Å².